The molecular formula is C26H34ClFN4O4S. The van der Waals surface area contributed by atoms with Crippen LogP contribution in [0, 0.1) is 11.7 Å². The normalized spacial score (nSPS) is 15.6. The lowest BCUT2D eigenvalue weighted by atomic mass is 10.0. The molecule has 0 saturated heterocycles. The van der Waals surface area contributed by atoms with E-state index in [0.717, 1.165) is 30.3 Å². The van der Waals surface area contributed by atoms with Crippen LogP contribution in [0.5, 0.6) is 0 Å². The van der Waals surface area contributed by atoms with Crippen LogP contribution in [0.15, 0.2) is 47.4 Å². The van der Waals surface area contributed by atoms with Crippen molar-refractivity contribution in [2.24, 2.45) is 5.92 Å². The van der Waals surface area contributed by atoms with Crippen molar-refractivity contribution in [1.29, 1.82) is 0 Å². The smallest absolute Gasteiger partial charge is 0.242 e. The Morgan fingerprint density at radius 3 is 2.57 bits per heavy atom. The Bertz CT molecular complexity index is 1180. The highest BCUT2D eigenvalue weighted by molar-refractivity contribution is 7.89. The lowest BCUT2D eigenvalue weighted by Crippen LogP contribution is -2.48. The second kappa shape index (κ2) is 13.2. The predicted octanol–water partition coefficient (Wildman–Crippen LogP) is 3.61. The van der Waals surface area contributed by atoms with Crippen molar-refractivity contribution >= 4 is 39.1 Å². The van der Waals surface area contributed by atoms with Gasteiger partial charge in [-0.05, 0) is 61.4 Å². The zero-order valence-electron chi connectivity index (χ0n) is 21.0. The highest BCUT2D eigenvalue weighted by Crippen LogP contribution is 2.26. The minimum absolute atomic E-state index is 0.00580. The fourth-order valence-corrected chi connectivity index (χ4v) is 5.84. The number of sulfonamides is 1. The summed E-state index contributed by atoms with van der Waals surface area (Å²) in [4.78, 5) is 25.3. The van der Waals surface area contributed by atoms with Gasteiger partial charge in [-0.2, -0.15) is 0 Å². The molecule has 0 saturated carbocycles. The molecule has 8 nitrogen and oxygen atoms in total. The molecule has 0 radical (unpaired) electrons. The maximum atomic E-state index is 13.2. The van der Waals surface area contributed by atoms with Crippen molar-refractivity contribution in [2.45, 2.75) is 62.9 Å². The highest BCUT2D eigenvalue weighted by atomic mass is 35.5. The molecule has 1 aliphatic heterocycles. The Hall–Kier alpha value is -2.69. The number of benzene rings is 2. The van der Waals surface area contributed by atoms with E-state index in [2.05, 4.69) is 20.7 Å². The third-order valence-electron chi connectivity index (χ3n) is 6.01. The van der Waals surface area contributed by atoms with E-state index < -0.39 is 21.9 Å². The molecule has 1 aliphatic rings. The number of hydrogen-bond acceptors (Lipinski definition) is 5. The monoisotopic (exact) mass is 552 g/mol. The summed E-state index contributed by atoms with van der Waals surface area (Å²) in [5, 5.41) is 8.88. The highest BCUT2D eigenvalue weighted by Gasteiger charge is 2.26. The van der Waals surface area contributed by atoms with Crippen LogP contribution >= 0.6 is 11.6 Å². The molecule has 0 spiro atoms. The molecule has 202 valence electrons. The van der Waals surface area contributed by atoms with E-state index in [1.807, 2.05) is 38.1 Å². The van der Waals surface area contributed by atoms with Gasteiger partial charge in [0.2, 0.25) is 21.8 Å². The number of carbonyl (C=O) groups excluding carboxylic acids is 2. The lowest BCUT2D eigenvalue weighted by molar-refractivity contribution is -0.129. The fraction of sp³-hybridized carbons (Fsp3) is 0.462. The van der Waals surface area contributed by atoms with Crippen LogP contribution in [-0.2, 0) is 26.0 Å². The van der Waals surface area contributed by atoms with E-state index >= 15 is 0 Å². The summed E-state index contributed by atoms with van der Waals surface area (Å²) >= 11 is 5.84. The molecule has 2 atom stereocenters. The topological polar surface area (TPSA) is 116 Å². The van der Waals surface area contributed by atoms with Crippen LogP contribution < -0.4 is 20.7 Å². The molecular weight excluding hydrogens is 519 g/mol. The predicted molar refractivity (Wildman–Crippen MR) is 142 cm³/mol. The summed E-state index contributed by atoms with van der Waals surface area (Å²) in [7, 11) is -3.87. The zero-order chi connectivity index (χ0) is 27.0. The zero-order valence-corrected chi connectivity index (χ0v) is 22.6. The van der Waals surface area contributed by atoms with Gasteiger partial charge < -0.3 is 16.0 Å². The number of rotatable bonds is 13. The number of hydrogen-bond donors (Lipinski definition) is 4. The average molecular weight is 553 g/mol. The second-order valence-electron chi connectivity index (χ2n) is 9.63. The van der Waals surface area contributed by atoms with E-state index in [0.29, 0.717) is 25.8 Å². The summed E-state index contributed by atoms with van der Waals surface area (Å²) in [6, 6.07) is 10.4. The summed E-state index contributed by atoms with van der Waals surface area (Å²) in [5.74, 6) is -0.853. The molecule has 37 heavy (non-hydrogen) atoms. The minimum atomic E-state index is -3.87. The molecule has 0 fully saturated rings. The molecule has 2 aromatic rings. The SMILES string of the molecule is CC(C)C[C@H](NC(=O)CC1Cc2ccccc2N1)C(=O)NCCCCNS(=O)(=O)c1ccc(F)cc1Cl. The third-order valence-corrected chi connectivity index (χ3v) is 7.96. The quantitative estimate of drug-likeness (QED) is 0.283. The molecule has 1 unspecified atom stereocenters. The number of nitrogens with one attached hydrogen (secondary N) is 4. The van der Waals surface area contributed by atoms with Gasteiger partial charge in [0.1, 0.15) is 16.8 Å². The van der Waals surface area contributed by atoms with Crippen molar-refractivity contribution in [1.82, 2.24) is 15.4 Å². The van der Waals surface area contributed by atoms with Gasteiger partial charge in [-0.15, -0.1) is 0 Å². The van der Waals surface area contributed by atoms with Crippen molar-refractivity contribution in [3.63, 3.8) is 0 Å². The molecule has 11 heteroatoms. The van der Waals surface area contributed by atoms with Crippen LogP contribution in [-0.4, -0.2) is 45.4 Å². The number of para-hydroxylation sites is 1. The minimum Gasteiger partial charge on any atom is -0.381 e. The largest absolute Gasteiger partial charge is 0.381 e. The van der Waals surface area contributed by atoms with Gasteiger partial charge in [0.25, 0.3) is 0 Å². The molecule has 0 aliphatic carbocycles. The van der Waals surface area contributed by atoms with Crippen molar-refractivity contribution < 1.29 is 22.4 Å². The van der Waals surface area contributed by atoms with Crippen LogP contribution in [0.3, 0.4) is 0 Å². The van der Waals surface area contributed by atoms with Gasteiger partial charge >= 0.3 is 0 Å². The van der Waals surface area contributed by atoms with Crippen LogP contribution in [0.25, 0.3) is 0 Å². The Labute approximate surface area is 222 Å². The number of unbranched alkanes of at least 4 members (excludes halogenated alkanes) is 1. The molecule has 3 rings (SSSR count). The van der Waals surface area contributed by atoms with Gasteiger partial charge in [0.15, 0.2) is 0 Å². The first-order valence-corrected chi connectivity index (χ1v) is 14.3. The van der Waals surface area contributed by atoms with Crippen LogP contribution in [0.4, 0.5) is 10.1 Å². The van der Waals surface area contributed by atoms with E-state index in [-0.39, 0.29) is 46.7 Å². The lowest BCUT2D eigenvalue weighted by Gasteiger charge is -2.21. The fourth-order valence-electron chi connectivity index (χ4n) is 4.24. The average Bonchev–Trinajstić information content (AvgIpc) is 3.22. The first-order valence-electron chi connectivity index (χ1n) is 12.4. The Kier molecular flexibility index (Phi) is 10.3. The van der Waals surface area contributed by atoms with Crippen molar-refractivity contribution in [2.75, 3.05) is 18.4 Å². The van der Waals surface area contributed by atoms with E-state index in [1.165, 1.54) is 5.56 Å². The Morgan fingerprint density at radius 1 is 1.14 bits per heavy atom. The summed E-state index contributed by atoms with van der Waals surface area (Å²) < 4.78 is 40.3. The third kappa shape index (κ3) is 8.69. The molecule has 0 aromatic heterocycles. The van der Waals surface area contributed by atoms with Gasteiger partial charge in [0.05, 0.1) is 5.02 Å². The van der Waals surface area contributed by atoms with E-state index in [9.17, 15) is 22.4 Å². The summed E-state index contributed by atoms with van der Waals surface area (Å²) in [6.45, 7) is 4.44. The number of fused-ring (bicyclic) bond motifs is 1. The molecule has 1 heterocycles. The molecule has 2 amide bonds. The maximum absolute atomic E-state index is 13.2. The van der Waals surface area contributed by atoms with Crippen LogP contribution in [0.1, 0.15) is 45.1 Å². The number of anilines is 1. The number of carbonyl (C=O) groups is 2. The van der Waals surface area contributed by atoms with Crippen molar-refractivity contribution in [3.05, 3.63) is 58.9 Å². The molecule has 4 N–H and O–H groups in total. The van der Waals surface area contributed by atoms with E-state index in [4.69, 9.17) is 11.6 Å². The Morgan fingerprint density at radius 2 is 1.86 bits per heavy atom. The van der Waals surface area contributed by atoms with Gasteiger partial charge in [-0.25, -0.2) is 17.5 Å². The first-order chi connectivity index (χ1) is 17.5. The van der Waals surface area contributed by atoms with Gasteiger partial charge in [0, 0.05) is 31.2 Å². The number of halogens is 2. The Balaban J connectivity index is 1.40. The van der Waals surface area contributed by atoms with E-state index in [1.54, 1.807) is 0 Å². The molecule has 0 bridgehead atoms. The maximum Gasteiger partial charge on any atom is 0.242 e. The van der Waals surface area contributed by atoms with Crippen molar-refractivity contribution in [3.8, 4) is 0 Å². The first kappa shape index (κ1) is 28.9. The van der Waals surface area contributed by atoms with Gasteiger partial charge in [-0.3, -0.25) is 9.59 Å². The standard InChI is InChI=1S/C26H34ClFN4O4S/c1-17(2)13-23(32-25(33)16-20-14-18-7-3-4-8-22(18)31-20)26(34)29-11-5-6-12-30-37(35,36)24-10-9-19(28)15-21(24)27/h3-4,7-10,15,17,20,23,30-31H,5-6,11-14,16H2,1-2H3,(H,29,34)(H,32,33)/t20?,23-/m0/s1. The number of amides is 2. The summed E-state index contributed by atoms with van der Waals surface area (Å²) in [5.41, 5.74) is 2.22. The second-order valence-corrected chi connectivity index (χ2v) is 11.8. The summed E-state index contributed by atoms with van der Waals surface area (Å²) in [6.07, 6.45) is 2.54. The molecule has 2 aromatic carbocycles. The van der Waals surface area contributed by atoms with Gasteiger partial charge in [-0.1, -0.05) is 43.6 Å². The van der Waals surface area contributed by atoms with Crippen LogP contribution in [0.2, 0.25) is 5.02 Å².